The molecule has 1 aromatic carbocycles. The van der Waals surface area contributed by atoms with Gasteiger partial charge in [-0.1, -0.05) is 18.5 Å². The maximum atomic E-state index is 13.8. The van der Waals surface area contributed by atoms with E-state index in [1.165, 1.54) is 0 Å². The summed E-state index contributed by atoms with van der Waals surface area (Å²) in [6.45, 7) is 4.79. The van der Waals surface area contributed by atoms with E-state index in [1.54, 1.807) is 32.5 Å². The number of benzene rings is 1. The molecule has 2 aromatic heterocycles. The van der Waals surface area contributed by atoms with E-state index in [0.717, 1.165) is 43.3 Å². The fraction of sp³-hybridized carbons (Fsp3) is 0.400. The number of ether oxygens (including phenoxy) is 2. The number of hydrogen-bond donors (Lipinski definition) is 1. The highest BCUT2D eigenvalue weighted by Crippen LogP contribution is 2.39. The smallest absolute Gasteiger partial charge is 0.257 e. The molecule has 0 unspecified atom stereocenters. The quantitative estimate of drug-likeness (QED) is 0.495. The monoisotopic (exact) mass is 468 g/mol. The van der Waals surface area contributed by atoms with E-state index in [-0.39, 0.29) is 11.9 Å². The van der Waals surface area contributed by atoms with Crippen LogP contribution in [0.5, 0.6) is 11.5 Å². The van der Waals surface area contributed by atoms with Gasteiger partial charge in [-0.05, 0) is 50.8 Å². The number of rotatable bonds is 6. The predicted octanol–water partition coefficient (Wildman–Crippen LogP) is 5.76. The first-order chi connectivity index (χ1) is 16.0. The van der Waals surface area contributed by atoms with E-state index in [2.05, 4.69) is 22.2 Å². The van der Waals surface area contributed by atoms with Crippen LogP contribution in [0.3, 0.4) is 0 Å². The van der Waals surface area contributed by atoms with Gasteiger partial charge in [0.15, 0.2) is 5.65 Å². The maximum Gasteiger partial charge on any atom is 0.257 e. The van der Waals surface area contributed by atoms with E-state index in [1.807, 2.05) is 24.0 Å². The molecule has 1 amide bonds. The Balaban J connectivity index is 1.85. The van der Waals surface area contributed by atoms with Crippen molar-refractivity contribution in [2.45, 2.75) is 45.6 Å². The largest absolute Gasteiger partial charge is 0.495 e. The van der Waals surface area contributed by atoms with Gasteiger partial charge in [0.2, 0.25) is 0 Å². The number of amides is 1. The Bertz CT molecular complexity index is 1180. The zero-order chi connectivity index (χ0) is 23.5. The lowest BCUT2D eigenvalue weighted by atomic mass is 9.98. The molecule has 8 heteroatoms. The number of pyridine rings is 2. The normalized spacial score (nSPS) is 16.0. The number of halogens is 1. The first-order valence-electron chi connectivity index (χ1n) is 11.2. The highest BCUT2D eigenvalue weighted by molar-refractivity contribution is 6.32. The Hall–Kier alpha value is -3.06. The molecule has 0 bridgehead atoms. The van der Waals surface area contributed by atoms with Crippen molar-refractivity contribution in [1.29, 1.82) is 0 Å². The van der Waals surface area contributed by atoms with Crippen LogP contribution in [-0.2, 0) is 0 Å². The molecular formula is C25H29ClN4O3. The molecule has 1 aliphatic heterocycles. The van der Waals surface area contributed by atoms with E-state index in [0.29, 0.717) is 39.1 Å². The number of carbonyl (C=O) groups is 1. The molecule has 1 N–H and O–H groups in total. The SMILES string of the molecule is CC[C@@H]1CCCCN1C(=O)c1cnc2nc(C)ccc2c1Nc1cc(Cl)c(OC)cc1OC. The first kappa shape index (κ1) is 23.1. The third-order valence-corrected chi connectivity index (χ3v) is 6.49. The summed E-state index contributed by atoms with van der Waals surface area (Å²) in [7, 11) is 3.13. The third kappa shape index (κ3) is 4.55. The van der Waals surface area contributed by atoms with Crippen LogP contribution in [0.15, 0.2) is 30.5 Å². The summed E-state index contributed by atoms with van der Waals surface area (Å²) in [4.78, 5) is 24.8. The van der Waals surface area contributed by atoms with Crippen molar-refractivity contribution in [3.05, 3.63) is 46.7 Å². The van der Waals surface area contributed by atoms with Crippen LogP contribution in [0, 0.1) is 6.92 Å². The lowest BCUT2D eigenvalue weighted by Crippen LogP contribution is -2.43. The van der Waals surface area contributed by atoms with Crippen LogP contribution >= 0.6 is 11.6 Å². The van der Waals surface area contributed by atoms with Crippen molar-refractivity contribution < 1.29 is 14.3 Å². The molecule has 174 valence electrons. The van der Waals surface area contributed by atoms with Crippen molar-refractivity contribution in [3.8, 4) is 11.5 Å². The number of nitrogens with one attached hydrogen (secondary N) is 1. The van der Waals surface area contributed by atoms with Crippen molar-refractivity contribution in [3.63, 3.8) is 0 Å². The molecule has 0 saturated carbocycles. The number of piperidine rings is 1. The molecule has 1 saturated heterocycles. The number of likely N-dealkylation sites (tertiary alicyclic amines) is 1. The minimum Gasteiger partial charge on any atom is -0.495 e. The number of hydrogen-bond acceptors (Lipinski definition) is 6. The molecule has 4 rings (SSSR count). The molecule has 1 atom stereocenters. The molecule has 1 fully saturated rings. The van der Waals surface area contributed by atoms with E-state index < -0.39 is 0 Å². The Morgan fingerprint density at radius 1 is 1.21 bits per heavy atom. The Morgan fingerprint density at radius 3 is 2.73 bits per heavy atom. The number of carbonyl (C=O) groups excluding carboxylic acids is 1. The lowest BCUT2D eigenvalue weighted by molar-refractivity contribution is 0.0609. The molecular weight excluding hydrogens is 440 g/mol. The van der Waals surface area contributed by atoms with Gasteiger partial charge in [0.1, 0.15) is 11.5 Å². The molecule has 3 aromatic rings. The number of fused-ring (bicyclic) bond motifs is 1. The van der Waals surface area contributed by atoms with Gasteiger partial charge in [0.05, 0.1) is 36.2 Å². The van der Waals surface area contributed by atoms with Crippen LogP contribution in [0.2, 0.25) is 5.02 Å². The standard InChI is InChI=1S/C25H29ClN4O3/c1-5-16-8-6-7-11-30(16)25(31)18-14-27-24-17(10-9-15(2)28-24)23(18)29-20-12-19(26)21(32-3)13-22(20)33-4/h9-10,12-14,16H,5-8,11H2,1-4H3,(H,27,28,29)/t16-/m1/s1. The predicted molar refractivity (Wildman–Crippen MR) is 131 cm³/mol. The number of aromatic nitrogens is 2. The maximum absolute atomic E-state index is 13.8. The fourth-order valence-corrected chi connectivity index (χ4v) is 4.65. The van der Waals surface area contributed by atoms with E-state index >= 15 is 0 Å². The zero-order valence-corrected chi connectivity index (χ0v) is 20.2. The summed E-state index contributed by atoms with van der Waals surface area (Å²) >= 11 is 6.41. The molecule has 0 radical (unpaired) electrons. The molecule has 7 nitrogen and oxygen atoms in total. The Morgan fingerprint density at radius 2 is 2.00 bits per heavy atom. The number of aryl methyl sites for hydroxylation is 1. The molecule has 0 aliphatic carbocycles. The van der Waals surface area contributed by atoms with E-state index in [4.69, 9.17) is 21.1 Å². The summed E-state index contributed by atoms with van der Waals surface area (Å²) in [6, 6.07) is 7.54. The highest BCUT2D eigenvalue weighted by atomic mass is 35.5. The van der Waals surface area contributed by atoms with Gasteiger partial charge >= 0.3 is 0 Å². The number of methoxy groups -OCH3 is 2. The second-order valence-corrected chi connectivity index (χ2v) is 8.65. The van der Waals surface area contributed by atoms with Gasteiger partial charge in [-0.25, -0.2) is 9.97 Å². The van der Waals surface area contributed by atoms with Crippen molar-refractivity contribution in [2.75, 3.05) is 26.1 Å². The summed E-state index contributed by atoms with van der Waals surface area (Å²) in [5.74, 6) is 1.02. The average Bonchev–Trinajstić information content (AvgIpc) is 2.83. The molecule has 1 aliphatic rings. The van der Waals surface area contributed by atoms with Gasteiger partial charge in [-0.3, -0.25) is 4.79 Å². The molecule has 33 heavy (non-hydrogen) atoms. The lowest BCUT2D eigenvalue weighted by Gasteiger charge is -2.35. The Kier molecular flexibility index (Phi) is 6.88. The van der Waals surface area contributed by atoms with Crippen LogP contribution < -0.4 is 14.8 Å². The number of nitrogens with zero attached hydrogens (tertiary/aromatic N) is 3. The summed E-state index contributed by atoms with van der Waals surface area (Å²) < 4.78 is 10.9. The summed E-state index contributed by atoms with van der Waals surface area (Å²) in [6.07, 6.45) is 5.73. The van der Waals surface area contributed by atoms with Crippen molar-refractivity contribution in [2.24, 2.45) is 0 Å². The van der Waals surface area contributed by atoms with Gasteiger partial charge in [0.25, 0.3) is 5.91 Å². The van der Waals surface area contributed by atoms with Crippen LogP contribution in [0.4, 0.5) is 11.4 Å². The highest BCUT2D eigenvalue weighted by Gasteiger charge is 2.29. The van der Waals surface area contributed by atoms with Gasteiger partial charge in [-0.2, -0.15) is 0 Å². The second-order valence-electron chi connectivity index (χ2n) is 8.24. The topological polar surface area (TPSA) is 76.6 Å². The Labute approximate surface area is 199 Å². The summed E-state index contributed by atoms with van der Waals surface area (Å²) in [5.41, 5.74) is 3.18. The molecule has 0 spiro atoms. The van der Waals surface area contributed by atoms with Crippen LogP contribution in [0.1, 0.15) is 48.7 Å². The second kappa shape index (κ2) is 9.83. The summed E-state index contributed by atoms with van der Waals surface area (Å²) in [5, 5.41) is 4.60. The van der Waals surface area contributed by atoms with Crippen molar-refractivity contribution >= 4 is 39.9 Å². The van der Waals surface area contributed by atoms with Gasteiger partial charge in [-0.15, -0.1) is 0 Å². The van der Waals surface area contributed by atoms with Gasteiger partial charge in [0, 0.05) is 35.9 Å². The third-order valence-electron chi connectivity index (χ3n) is 6.19. The number of anilines is 2. The van der Waals surface area contributed by atoms with Gasteiger partial charge < -0.3 is 19.7 Å². The zero-order valence-electron chi connectivity index (χ0n) is 19.4. The minimum absolute atomic E-state index is 0.0300. The van der Waals surface area contributed by atoms with Crippen LogP contribution in [0.25, 0.3) is 11.0 Å². The van der Waals surface area contributed by atoms with Crippen LogP contribution in [-0.4, -0.2) is 47.6 Å². The minimum atomic E-state index is -0.0300. The fourth-order valence-electron chi connectivity index (χ4n) is 4.41. The van der Waals surface area contributed by atoms with Crippen molar-refractivity contribution in [1.82, 2.24) is 14.9 Å². The average molecular weight is 469 g/mol. The van der Waals surface area contributed by atoms with E-state index in [9.17, 15) is 4.79 Å². The molecule has 3 heterocycles. The first-order valence-corrected chi connectivity index (χ1v) is 11.6.